The van der Waals surface area contributed by atoms with Gasteiger partial charge >= 0.3 is 0 Å². The summed E-state index contributed by atoms with van der Waals surface area (Å²) >= 11 is 0. The number of nitrogens with zero attached hydrogens (tertiary/aromatic N) is 3. The number of likely N-dealkylation sites (N-methyl/N-ethyl adjacent to an activating group) is 2. The molecule has 0 N–H and O–H groups in total. The summed E-state index contributed by atoms with van der Waals surface area (Å²) in [4.78, 5) is 7.45. The molecule has 2 rings (SSSR count). The molecule has 2 aliphatic heterocycles. The van der Waals surface area contributed by atoms with Gasteiger partial charge in [0.05, 0.1) is 0 Å². The molecule has 0 aliphatic carbocycles. The molecule has 0 spiro atoms. The molecular formula is C11H25N3. The van der Waals surface area contributed by atoms with Gasteiger partial charge in [-0.1, -0.05) is 13.8 Å². The van der Waals surface area contributed by atoms with E-state index < -0.39 is 0 Å². The Morgan fingerprint density at radius 1 is 0.786 bits per heavy atom. The van der Waals surface area contributed by atoms with Gasteiger partial charge in [-0.2, -0.15) is 0 Å². The normalized spacial score (nSPS) is 26.6. The van der Waals surface area contributed by atoms with Crippen molar-refractivity contribution in [1.29, 1.82) is 0 Å². The molecule has 0 aromatic heterocycles. The van der Waals surface area contributed by atoms with Crippen LogP contribution in [-0.2, 0) is 0 Å². The van der Waals surface area contributed by atoms with E-state index in [4.69, 9.17) is 0 Å². The van der Waals surface area contributed by atoms with Gasteiger partial charge in [0, 0.05) is 45.3 Å². The molecule has 84 valence electrons. The van der Waals surface area contributed by atoms with Crippen LogP contribution in [0.5, 0.6) is 0 Å². The lowest BCUT2D eigenvalue weighted by molar-refractivity contribution is 0.0233. The van der Waals surface area contributed by atoms with E-state index in [1.54, 1.807) is 0 Å². The monoisotopic (exact) mass is 199 g/mol. The van der Waals surface area contributed by atoms with Crippen LogP contribution in [-0.4, -0.2) is 74.1 Å². The zero-order chi connectivity index (χ0) is 10.6. The lowest BCUT2D eigenvalue weighted by Crippen LogP contribution is -2.61. The maximum Gasteiger partial charge on any atom is 0.0351 e. The number of piperazine rings is 1. The van der Waals surface area contributed by atoms with E-state index in [9.17, 15) is 0 Å². The van der Waals surface area contributed by atoms with Crippen molar-refractivity contribution in [2.24, 2.45) is 0 Å². The summed E-state index contributed by atoms with van der Waals surface area (Å²) in [6.07, 6.45) is 0. The maximum absolute atomic E-state index is 2.64. The molecule has 0 aromatic rings. The fraction of sp³-hybridized carbons (Fsp3) is 1.00. The lowest BCUT2D eigenvalue weighted by atomic mass is 10.1. The molecule has 3 heteroatoms. The van der Waals surface area contributed by atoms with Gasteiger partial charge in [0.25, 0.3) is 0 Å². The Kier molecular flexibility index (Phi) is 4.85. The van der Waals surface area contributed by atoms with Crippen molar-refractivity contribution in [2.75, 3.05) is 53.4 Å². The number of hydrogen-bond acceptors (Lipinski definition) is 3. The molecule has 0 bridgehead atoms. The third-order valence-corrected chi connectivity index (χ3v) is 3.10. The lowest BCUT2D eigenvalue weighted by Gasteiger charge is -2.46. The van der Waals surface area contributed by atoms with Crippen LogP contribution in [0.1, 0.15) is 13.8 Å². The first-order chi connectivity index (χ1) is 6.75. The molecule has 2 saturated heterocycles. The first-order valence-electron chi connectivity index (χ1n) is 5.87. The van der Waals surface area contributed by atoms with Crippen molar-refractivity contribution in [3.63, 3.8) is 0 Å². The molecule has 2 aliphatic rings. The standard InChI is InChI=1S/C9H19N3.C2H6/c1-10-3-5-12(6-4-10)9-7-11(2)8-9;1-2/h9H,3-8H2,1-2H3;1-2H3. The van der Waals surface area contributed by atoms with Crippen molar-refractivity contribution in [3.05, 3.63) is 0 Å². The molecule has 2 heterocycles. The summed E-state index contributed by atoms with van der Waals surface area (Å²) in [6, 6.07) is 0.865. The molecule has 14 heavy (non-hydrogen) atoms. The Labute approximate surface area is 88.7 Å². The smallest absolute Gasteiger partial charge is 0.0351 e. The topological polar surface area (TPSA) is 9.72 Å². The van der Waals surface area contributed by atoms with Crippen molar-refractivity contribution in [1.82, 2.24) is 14.7 Å². The SMILES string of the molecule is CC.CN1CCN(C2CN(C)C2)CC1. The van der Waals surface area contributed by atoms with Crippen molar-refractivity contribution < 1.29 is 0 Å². The minimum Gasteiger partial charge on any atom is -0.304 e. The van der Waals surface area contributed by atoms with Crippen molar-refractivity contribution in [3.8, 4) is 0 Å². The molecule has 2 fully saturated rings. The quantitative estimate of drug-likeness (QED) is 0.611. The van der Waals surface area contributed by atoms with Crippen LogP contribution in [0.2, 0.25) is 0 Å². The number of rotatable bonds is 1. The molecule has 0 atom stereocenters. The Hall–Kier alpha value is -0.120. The third kappa shape index (κ3) is 2.94. The van der Waals surface area contributed by atoms with E-state index in [-0.39, 0.29) is 0 Å². The molecule has 0 aromatic carbocycles. The largest absolute Gasteiger partial charge is 0.304 e. The van der Waals surface area contributed by atoms with Crippen LogP contribution >= 0.6 is 0 Å². The minimum atomic E-state index is 0.865. The van der Waals surface area contributed by atoms with Gasteiger partial charge in [0.15, 0.2) is 0 Å². The van der Waals surface area contributed by atoms with E-state index in [0.29, 0.717) is 0 Å². The van der Waals surface area contributed by atoms with E-state index in [1.165, 1.54) is 39.3 Å². The summed E-state index contributed by atoms with van der Waals surface area (Å²) in [5.74, 6) is 0. The Morgan fingerprint density at radius 3 is 1.71 bits per heavy atom. The minimum absolute atomic E-state index is 0.865. The van der Waals surface area contributed by atoms with E-state index in [0.717, 1.165) is 6.04 Å². The fourth-order valence-corrected chi connectivity index (χ4v) is 2.08. The highest BCUT2D eigenvalue weighted by Gasteiger charge is 2.30. The van der Waals surface area contributed by atoms with E-state index in [2.05, 4.69) is 28.8 Å². The van der Waals surface area contributed by atoms with Gasteiger partial charge in [-0.3, -0.25) is 4.90 Å². The van der Waals surface area contributed by atoms with Crippen LogP contribution in [0.3, 0.4) is 0 Å². The zero-order valence-corrected chi connectivity index (χ0v) is 10.2. The molecule has 3 nitrogen and oxygen atoms in total. The molecular weight excluding hydrogens is 174 g/mol. The van der Waals surface area contributed by atoms with Crippen molar-refractivity contribution in [2.45, 2.75) is 19.9 Å². The predicted octanol–water partition coefficient (Wildman–Crippen LogP) is 0.574. The average molecular weight is 199 g/mol. The summed E-state index contributed by atoms with van der Waals surface area (Å²) in [7, 11) is 4.41. The number of hydrogen-bond donors (Lipinski definition) is 0. The van der Waals surface area contributed by atoms with Gasteiger partial charge in [0.1, 0.15) is 0 Å². The maximum atomic E-state index is 2.64. The summed E-state index contributed by atoms with van der Waals surface area (Å²) in [5.41, 5.74) is 0. The highest BCUT2D eigenvalue weighted by Crippen LogP contribution is 2.14. The first-order valence-corrected chi connectivity index (χ1v) is 5.87. The van der Waals surface area contributed by atoms with Crippen LogP contribution < -0.4 is 0 Å². The van der Waals surface area contributed by atoms with Gasteiger partial charge in [-0.15, -0.1) is 0 Å². The Balaban J connectivity index is 0.000000461. The van der Waals surface area contributed by atoms with Gasteiger partial charge in [-0.05, 0) is 14.1 Å². The van der Waals surface area contributed by atoms with Crippen molar-refractivity contribution >= 4 is 0 Å². The third-order valence-electron chi connectivity index (χ3n) is 3.10. The van der Waals surface area contributed by atoms with E-state index >= 15 is 0 Å². The molecule has 0 saturated carbocycles. The predicted molar refractivity (Wildman–Crippen MR) is 61.7 cm³/mol. The highest BCUT2D eigenvalue weighted by atomic mass is 15.3. The van der Waals surface area contributed by atoms with Gasteiger partial charge in [0.2, 0.25) is 0 Å². The zero-order valence-electron chi connectivity index (χ0n) is 10.2. The van der Waals surface area contributed by atoms with Crippen LogP contribution in [0, 0.1) is 0 Å². The van der Waals surface area contributed by atoms with Crippen LogP contribution in [0.25, 0.3) is 0 Å². The molecule has 0 amide bonds. The highest BCUT2D eigenvalue weighted by molar-refractivity contribution is 4.88. The average Bonchev–Trinajstić information content (AvgIpc) is 2.18. The van der Waals surface area contributed by atoms with Crippen LogP contribution in [0.4, 0.5) is 0 Å². The second kappa shape index (κ2) is 5.69. The Morgan fingerprint density at radius 2 is 1.29 bits per heavy atom. The first kappa shape index (κ1) is 12.0. The Bertz CT molecular complexity index is 147. The summed E-state index contributed by atoms with van der Waals surface area (Å²) in [6.45, 7) is 11.6. The van der Waals surface area contributed by atoms with Gasteiger partial charge < -0.3 is 9.80 Å². The van der Waals surface area contributed by atoms with E-state index in [1.807, 2.05) is 13.8 Å². The second-order valence-corrected chi connectivity index (χ2v) is 4.21. The molecule has 0 radical (unpaired) electrons. The summed E-state index contributed by atoms with van der Waals surface area (Å²) in [5, 5.41) is 0. The number of likely N-dealkylation sites (tertiary alicyclic amines) is 1. The molecule has 0 unspecified atom stereocenters. The second-order valence-electron chi connectivity index (χ2n) is 4.21. The van der Waals surface area contributed by atoms with Crippen LogP contribution in [0.15, 0.2) is 0 Å². The summed E-state index contributed by atoms with van der Waals surface area (Å²) < 4.78 is 0. The fourth-order valence-electron chi connectivity index (χ4n) is 2.08. The van der Waals surface area contributed by atoms with Gasteiger partial charge in [-0.25, -0.2) is 0 Å².